The molecule has 0 saturated carbocycles. The van der Waals surface area contributed by atoms with E-state index in [1.165, 1.54) is 0 Å². The largest absolute Gasteiger partial charge is 0.486 e. The molecule has 2 heterocycles. The quantitative estimate of drug-likeness (QED) is 0.436. The van der Waals surface area contributed by atoms with Gasteiger partial charge in [-0.2, -0.15) is 0 Å². The lowest BCUT2D eigenvalue weighted by Gasteiger charge is -2.18. The molecule has 3 aromatic carbocycles. The molecule has 0 saturated heterocycles. The predicted octanol–water partition coefficient (Wildman–Crippen LogP) is 5.47. The molecule has 31 heavy (non-hydrogen) atoms. The van der Waals surface area contributed by atoms with E-state index in [0.717, 1.165) is 22.1 Å². The standard InChI is InChI=1S/C25H20ClNO4/c26-20-11-18(12-21(28)17-8-9-22-23(13-17)31-15-30-22)25(24-19(20)7-4-10-27-24)29-14-16-5-2-1-3-6-16/h1-11,13,21,28H,12,14-15H2. The van der Waals surface area contributed by atoms with E-state index in [0.29, 0.717) is 40.8 Å². The zero-order valence-corrected chi connectivity index (χ0v) is 17.4. The van der Waals surface area contributed by atoms with Gasteiger partial charge in [0.05, 0.1) is 11.1 Å². The third-order valence-electron chi connectivity index (χ3n) is 5.29. The van der Waals surface area contributed by atoms with E-state index in [9.17, 15) is 5.11 Å². The summed E-state index contributed by atoms with van der Waals surface area (Å²) in [5.41, 5.74) is 3.25. The van der Waals surface area contributed by atoms with E-state index in [-0.39, 0.29) is 6.79 Å². The second-order valence-corrected chi connectivity index (χ2v) is 7.76. The number of benzene rings is 3. The van der Waals surface area contributed by atoms with E-state index >= 15 is 0 Å². The Morgan fingerprint density at radius 1 is 1.00 bits per heavy atom. The normalized spacial score (nSPS) is 13.4. The molecule has 0 amide bonds. The maximum atomic E-state index is 11.0. The van der Waals surface area contributed by atoms with Crippen LogP contribution in [0.1, 0.15) is 22.8 Å². The van der Waals surface area contributed by atoms with E-state index in [2.05, 4.69) is 4.98 Å². The van der Waals surface area contributed by atoms with Crippen molar-refractivity contribution in [1.29, 1.82) is 0 Å². The van der Waals surface area contributed by atoms with Crippen molar-refractivity contribution in [1.82, 2.24) is 4.98 Å². The molecule has 1 atom stereocenters. The highest BCUT2D eigenvalue weighted by molar-refractivity contribution is 6.35. The molecule has 1 N–H and O–H groups in total. The number of aliphatic hydroxyl groups excluding tert-OH is 1. The smallest absolute Gasteiger partial charge is 0.231 e. The van der Waals surface area contributed by atoms with Gasteiger partial charge in [0.1, 0.15) is 17.9 Å². The van der Waals surface area contributed by atoms with Crippen LogP contribution in [0.25, 0.3) is 10.9 Å². The maximum Gasteiger partial charge on any atom is 0.231 e. The Balaban J connectivity index is 1.49. The van der Waals surface area contributed by atoms with Crippen molar-refractivity contribution in [2.24, 2.45) is 0 Å². The van der Waals surface area contributed by atoms with Crippen LogP contribution < -0.4 is 14.2 Å². The van der Waals surface area contributed by atoms with E-state index < -0.39 is 6.10 Å². The molecule has 1 aliphatic rings. The third-order valence-corrected chi connectivity index (χ3v) is 5.61. The summed E-state index contributed by atoms with van der Waals surface area (Å²) < 4.78 is 17.0. The molecule has 1 aliphatic heterocycles. The Bertz CT molecular complexity index is 1230. The van der Waals surface area contributed by atoms with Gasteiger partial charge in [-0.1, -0.05) is 48.0 Å². The number of pyridine rings is 1. The minimum absolute atomic E-state index is 0.193. The number of hydrogen-bond acceptors (Lipinski definition) is 5. The number of aliphatic hydroxyl groups is 1. The van der Waals surface area contributed by atoms with Crippen LogP contribution in [0.5, 0.6) is 17.2 Å². The van der Waals surface area contributed by atoms with Crippen LogP contribution in [-0.2, 0) is 13.0 Å². The summed E-state index contributed by atoms with van der Waals surface area (Å²) in [4.78, 5) is 4.51. The molecule has 0 radical (unpaired) electrons. The molecule has 5 nitrogen and oxygen atoms in total. The van der Waals surface area contributed by atoms with Crippen molar-refractivity contribution in [3.05, 3.63) is 94.6 Å². The van der Waals surface area contributed by atoms with E-state index in [1.807, 2.05) is 60.7 Å². The second kappa shape index (κ2) is 8.46. The number of rotatable bonds is 6. The van der Waals surface area contributed by atoms with Crippen molar-refractivity contribution < 1.29 is 19.3 Å². The lowest BCUT2D eigenvalue weighted by molar-refractivity contribution is 0.171. The predicted molar refractivity (Wildman–Crippen MR) is 119 cm³/mol. The average Bonchev–Trinajstić information content (AvgIpc) is 3.27. The Morgan fingerprint density at radius 3 is 2.71 bits per heavy atom. The van der Waals surface area contributed by atoms with Crippen molar-refractivity contribution in [2.75, 3.05) is 6.79 Å². The molecular weight excluding hydrogens is 414 g/mol. The fourth-order valence-electron chi connectivity index (χ4n) is 3.72. The summed E-state index contributed by atoms with van der Waals surface area (Å²) in [5, 5.41) is 12.3. The summed E-state index contributed by atoms with van der Waals surface area (Å²) in [6.45, 7) is 0.583. The van der Waals surface area contributed by atoms with E-state index in [1.54, 1.807) is 12.3 Å². The first kappa shape index (κ1) is 19.7. The monoisotopic (exact) mass is 433 g/mol. The van der Waals surface area contributed by atoms with Crippen LogP contribution in [0.3, 0.4) is 0 Å². The number of halogens is 1. The molecule has 0 aliphatic carbocycles. The molecule has 5 rings (SSSR count). The highest BCUT2D eigenvalue weighted by Gasteiger charge is 2.20. The zero-order valence-electron chi connectivity index (χ0n) is 16.6. The molecule has 4 aromatic rings. The number of fused-ring (bicyclic) bond motifs is 2. The minimum Gasteiger partial charge on any atom is -0.486 e. The molecule has 156 valence electrons. The first-order chi connectivity index (χ1) is 15.2. The topological polar surface area (TPSA) is 60.8 Å². The number of aromatic nitrogens is 1. The molecule has 0 bridgehead atoms. The molecule has 0 fully saturated rings. The first-order valence-electron chi connectivity index (χ1n) is 9.99. The summed E-state index contributed by atoms with van der Waals surface area (Å²) in [7, 11) is 0. The third kappa shape index (κ3) is 4.02. The summed E-state index contributed by atoms with van der Waals surface area (Å²) in [6, 6.07) is 21.0. The van der Waals surface area contributed by atoms with Crippen LogP contribution in [0.2, 0.25) is 5.02 Å². The first-order valence-corrected chi connectivity index (χ1v) is 10.4. The van der Waals surface area contributed by atoms with Gasteiger partial charge >= 0.3 is 0 Å². The van der Waals surface area contributed by atoms with E-state index in [4.69, 9.17) is 25.8 Å². The molecule has 6 heteroatoms. The van der Waals surface area contributed by atoms with Gasteiger partial charge in [-0.3, -0.25) is 4.98 Å². The average molecular weight is 434 g/mol. The Hall–Kier alpha value is -3.28. The van der Waals surface area contributed by atoms with Crippen LogP contribution in [0.15, 0.2) is 72.9 Å². The number of hydrogen-bond donors (Lipinski definition) is 1. The van der Waals surface area contributed by atoms with Crippen LogP contribution in [0, 0.1) is 0 Å². The van der Waals surface area contributed by atoms with Crippen LogP contribution >= 0.6 is 11.6 Å². The fourth-order valence-corrected chi connectivity index (χ4v) is 4.00. The number of ether oxygens (including phenoxy) is 3. The zero-order chi connectivity index (χ0) is 21.2. The SMILES string of the molecule is OC(Cc1cc(Cl)c2cccnc2c1OCc1ccccc1)c1ccc2c(c1)OCO2. The molecule has 1 aromatic heterocycles. The summed E-state index contributed by atoms with van der Waals surface area (Å²) >= 11 is 6.54. The van der Waals surface area contributed by atoms with Gasteiger partial charge in [-0.25, -0.2) is 0 Å². The molecule has 0 spiro atoms. The molecule has 1 unspecified atom stereocenters. The van der Waals surface area contributed by atoms with Gasteiger partial charge in [0.25, 0.3) is 0 Å². The molecular formula is C25H20ClNO4. The van der Waals surface area contributed by atoms with Gasteiger partial charge < -0.3 is 19.3 Å². The van der Waals surface area contributed by atoms with Crippen molar-refractivity contribution >= 4 is 22.5 Å². The Kier molecular flexibility index (Phi) is 5.37. The fraction of sp³-hybridized carbons (Fsp3) is 0.160. The van der Waals surface area contributed by atoms with Crippen molar-refractivity contribution in [3.63, 3.8) is 0 Å². The van der Waals surface area contributed by atoms with Gasteiger partial charge in [-0.05, 0) is 41.5 Å². The van der Waals surface area contributed by atoms with Gasteiger partial charge in [-0.15, -0.1) is 0 Å². The highest BCUT2D eigenvalue weighted by atomic mass is 35.5. The van der Waals surface area contributed by atoms with Crippen LogP contribution in [-0.4, -0.2) is 16.9 Å². The minimum atomic E-state index is -0.772. The maximum absolute atomic E-state index is 11.0. The lowest BCUT2D eigenvalue weighted by Crippen LogP contribution is -2.06. The van der Waals surface area contributed by atoms with Gasteiger partial charge in [0.15, 0.2) is 11.5 Å². The number of nitrogens with zero attached hydrogens (tertiary/aromatic N) is 1. The summed E-state index contributed by atoms with van der Waals surface area (Å²) in [5.74, 6) is 1.94. The Morgan fingerprint density at radius 2 is 1.84 bits per heavy atom. The second-order valence-electron chi connectivity index (χ2n) is 7.35. The summed E-state index contributed by atoms with van der Waals surface area (Å²) in [6.07, 6.45) is 1.26. The Labute approximate surface area is 184 Å². The van der Waals surface area contributed by atoms with Crippen molar-refractivity contribution in [3.8, 4) is 17.2 Å². The highest BCUT2D eigenvalue weighted by Crippen LogP contribution is 2.38. The van der Waals surface area contributed by atoms with Crippen LogP contribution in [0.4, 0.5) is 0 Å². The van der Waals surface area contributed by atoms with Gasteiger partial charge in [0, 0.05) is 23.6 Å². The lowest BCUT2D eigenvalue weighted by atomic mass is 9.99. The van der Waals surface area contributed by atoms with Crippen molar-refractivity contribution in [2.45, 2.75) is 19.1 Å². The van der Waals surface area contributed by atoms with Gasteiger partial charge in [0.2, 0.25) is 6.79 Å².